The van der Waals surface area contributed by atoms with Crippen molar-refractivity contribution >= 4 is 51.6 Å². The van der Waals surface area contributed by atoms with E-state index in [0.717, 1.165) is 11.3 Å². The van der Waals surface area contributed by atoms with Crippen LogP contribution in [0.15, 0.2) is 71.4 Å². The Kier molecular flexibility index (Phi) is 5.01. The first-order chi connectivity index (χ1) is 13.6. The molecule has 0 radical (unpaired) electrons. The molecule has 0 bridgehead atoms. The minimum absolute atomic E-state index is 0.193. The Morgan fingerprint density at radius 3 is 2.68 bits per heavy atom. The Morgan fingerprint density at radius 2 is 1.93 bits per heavy atom. The van der Waals surface area contributed by atoms with E-state index >= 15 is 0 Å². The Hall–Kier alpha value is -3.29. The van der Waals surface area contributed by atoms with E-state index in [2.05, 4.69) is 20.6 Å². The van der Waals surface area contributed by atoms with Gasteiger partial charge in [-0.25, -0.2) is 4.98 Å². The fourth-order valence-corrected chi connectivity index (χ4v) is 2.93. The maximum Gasteiger partial charge on any atom is 0.258 e. The molecule has 0 saturated heterocycles. The zero-order valence-corrected chi connectivity index (χ0v) is 15.9. The molecule has 4 aromatic rings. The van der Waals surface area contributed by atoms with Gasteiger partial charge < -0.3 is 9.73 Å². The standard InChI is InChI=1S/C20H13ClN4O2S/c21-14-5-8-17-16(10-14)24-19(27-17)12-3-6-15(7-4-12)23-20(28)25-18(26)13-2-1-9-22-11-13/h1-11H,(H2,23,25,26,28). The Bertz CT molecular complexity index is 1160. The Morgan fingerprint density at radius 1 is 1.11 bits per heavy atom. The van der Waals surface area contributed by atoms with Gasteiger partial charge in [0.2, 0.25) is 5.89 Å². The molecule has 2 aromatic heterocycles. The fourth-order valence-electron chi connectivity index (χ4n) is 2.55. The number of hydrogen-bond donors (Lipinski definition) is 2. The zero-order chi connectivity index (χ0) is 19.5. The number of carbonyl (C=O) groups is 1. The molecule has 6 nitrogen and oxygen atoms in total. The molecule has 4 rings (SSSR count). The largest absolute Gasteiger partial charge is 0.436 e. The number of hydrogen-bond acceptors (Lipinski definition) is 5. The normalized spacial score (nSPS) is 10.6. The van der Waals surface area contributed by atoms with Gasteiger partial charge in [-0.1, -0.05) is 11.6 Å². The summed E-state index contributed by atoms with van der Waals surface area (Å²) in [6.07, 6.45) is 3.07. The molecule has 0 aliphatic carbocycles. The molecule has 0 spiro atoms. The maximum absolute atomic E-state index is 12.1. The van der Waals surface area contributed by atoms with E-state index in [1.165, 1.54) is 6.20 Å². The van der Waals surface area contributed by atoms with Gasteiger partial charge in [0, 0.05) is 28.7 Å². The van der Waals surface area contributed by atoms with Crippen LogP contribution in [0, 0.1) is 0 Å². The Balaban J connectivity index is 1.44. The molecule has 8 heteroatoms. The van der Waals surface area contributed by atoms with E-state index in [0.29, 0.717) is 27.6 Å². The van der Waals surface area contributed by atoms with Crippen LogP contribution in [-0.4, -0.2) is 21.0 Å². The first-order valence-electron chi connectivity index (χ1n) is 8.27. The highest BCUT2D eigenvalue weighted by atomic mass is 35.5. The van der Waals surface area contributed by atoms with Crippen LogP contribution >= 0.6 is 23.8 Å². The maximum atomic E-state index is 12.1. The minimum atomic E-state index is -0.327. The summed E-state index contributed by atoms with van der Waals surface area (Å²) in [4.78, 5) is 20.4. The van der Waals surface area contributed by atoms with Crippen LogP contribution in [0.1, 0.15) is 10.4 Å². The average Bonchev–Trinajstić information content (AvgIpc) is 3.12. The van der Waals surface area contributed by atoms with Crippen LogP contribution in [0.25, 0.3) is 22.6 Å². The van der Waals surface area contributed by atoms with Crippen LogP contribution in [0.3, 0.4) is 0 Å². The highest BCUT2D eigenvalue weighted by Crippen LogP contribution is 2.27. The van der Waals surface area contributed by atoms with Crippen molar-refractivity contribution in [2.24, 2.45) is 0 Å². The fraction of sp³-hybridized carbons (Fsp3) is 0. The number of fused-ring (bicyclic) bond motifs is 1. The molecular weight excluding hydrogens is 396 g/mol. The lowest BCUT2D eigenvalue weighted by atomic mass is 10.2. The number of thiocarbonyl (C=S) groups is 1. The second-order valence-electron chi connectivity index (χ2n) is 5.86. The number of rotatable bonds is 3. The number of nitrogens with zero attached hydrogens (tertiary/aromatic N) is 2. The van der Waals surface area contributed by atoms with Crippen molar-refractivity contribution in [1.82, 2.24) is 15.3 Å². The molecule has 2 N–H and O–H groups in total. The monoisotopic (exact) mass is 408 g/mol. The molecule has 1 amide bonds. The molecule has 0 atom stereocenters. The third kappa shape index (κ3) is 4.00. The molecular formula is C20H13ClN4O2S. The minimum Gasteiger partial charge on any atom is -0.436 e. The van der Waals surface area contributed by atoms with Gasteiger partial charge in [0.1, 0.15) is 5.52 Å². The van der Waals surface area contributed by atoms with Gasteiger partial charge in [-0.3, -0.25) is 15.1 Å². The SMILES string of the molecule is O=C(NC(=S)Nc1ccc(-c2nc3cc(Cl)ccc3o2)cc1)c1cccnc1. The number of carbonyl (C=O) groups excluding carboxylic acids is 1. The average molecular weight is 409 g/mol. The molecule has 0 saturated carbocycles. The first-order valence-corrected chi connectivity index (χ1v) is 9.06. The predicted molar refractivity (Wildman–Crippen MR) is 112 cm³/mol. The number of halogens is 1. The highest BCUT2D eigenvalue weighted by Gasteiger charge is 2.10. The van der Waals surface area contributed by atoms with Gasteiger partial charge in [0.15, 0.2) is 10.7 Å². The number of anilines is 1. The molecule has 2 heterocycles. The number of oxazole rings is 1. The lowest BCUT2D eigenvalue weighted by Crippen LogP contribution is -2.34. The quantitative estimate of drug-likeness (QED) is 0.479. The summed E-state index contributed by atoms with van der Waals surface area (Å²) < 4.78 is 5.75. The van der Waals surface area contributed by atoms with Gasteiger partial charge >= 0.3 is 0 Å². The van der Waals surface area contributed by atoms with Gasteiger partial charge in [-0.15, -0.1) is 0 Å². The third-order valence-corrected chi connectivity index (χ3v) is 4.33. The van der Waals surface area contributed by atoms with Crippen molar-refractivity contribution < 1.29 is 9.21 Å². The van der Waals surface area contributed by atoms with E-state index in [1.807, 2.05) is 24.3 Å². The van der Waals surface area contributed by atoms with Crippen molar-refractivity contribution in [2.75, 3.05) is 5.32 Å². The van der Waals surface area contributed by atoms with Crippen molar-refractivity contribution in [3.63, 3.8) is 0 Å². The summed E-state index contributed by atoms with van der Waals surface area (Å²) in [7, 11) is 0. The second-order valence-corrected chi connectivity index (χ2v) is 6.70. The number of pyridine rings is 1. The summed E-state index contributed by atoms with van der Waals surface area (Å²) in [5.74, 6) is 0.170. The van der Waals surface area contributed by atoms with E-state index in [1.54, 1.807) is 36.5 Å². The second kappa shape index (κ2) is 7.75. The smallest absolute Gasteiger partial charge is 0.258 e. The van der Waals surface area contributed by atoms with Crippen molar-refractivity contribution in [1.29, 1.82) is 0 Å². The lowest BCUT2D eigenvalue weighted by molar-refractivity contribution is 0.0977. The molecule has 138 valence electrons. The molecule has 2 aromatic carbocycles. The number of benzene rings is 2. The summed E-state index contributed by atoms with van der Waals surface area (Å²) in [5, 5.41) is 6.38. The van der Waals surface area contributed by atoms with Gasteiger partial charge in [-0.05, 0) is 66.8 Å². The van der Waals surface area contributed by atoms with Crippen molar-refractivity contribution in [3.8, 4) is 11.5 Å². The molecule has 0 fully saturated rings. The van der Waals surface area contributed by atoms with E-state index in [4.69, 9.17) is 28.2 Å². The van der Waals surface area contributed by atoms with Crippen LogP contribution in [0.5, 0.6) is 0 Å². The first kappa shape index (κ1) is 18.1. The predicted octanol–water partition coefficient (Wildman–Crippen LogP) is 4.67. The summed E-state index contributed by atoms with van der Waals surface area (Å²) in [5.41, 5.74) is 3.32. The summed E-state index contributed by atoms with van der Waals surface area (Å²) in [6, 6.07) is 16.0. The molecule has 0 unspecified atom stereocenters. The van der Waals surface area contributed by atoms with Crippen molar-refractivity contribution in [3.05, 3.63) is 77.6 Å². The third-order valence-electron chi connectivity index (χ3n) is 3.89. The topological polar surface area (TPSA) is 80.0 Å². The number of amides is 1. The zero-order valence-electron chi connectivity index (χ0n) is 14.3. The number of nitrogens with one attached hydrogen (secondary N) is 2. The lowest BCUT2D eigenvalue weighted by Gasteiger charge is -2.09. The van der Waals surface area contributed by atoms with Crippen LogP contribution in [0.2, 0.25) is 5.02 Å². The van der Waals surface area contributed by atoms with E-state index < -0.39 is 0 Å². The van der Waals surface area contributed by atoms with E-state index in [9.17, 15) is 4.79 Å². The van der Waals surface area contributed by atoms with Crippen molar-refractivity contribution in [2.45, 2.75) is 0 Å². The number of aromatic nitrogens is 2. The van der Waals surface area contributed by atoms with Crippen LogP contribution in [-0.2, 0) is 0 Å². The molecule has 28 heavy (non-hydrogen) atoms. The molecule has 0 aliphatic heterocycles. The van der Waals surface area contributed by atoms with Crippen LogP contribution in [0.4, 0.5) is 5.69 Å². The van der Waals surface area contributed by atoms with Gasteiger partial charge in [0.25, 0.3) is 5.91 Å². The highest BCUT2D eigenvalue weighted by molar-refractivity contribution is 7.80. The summed E-state index contributed by atoms with van der Waals surface area (Å²) >= 11 is 11.2. The van der Waals surface area contributed by atoms with Gasteiger partial charge in [0.05, 0.1) is 5.56 Å². The van der Waals surface area contributed by atoms with Crippen LogP contribution < -0.4 is 10.6 Å². The Labute approximate surface area is 170 Å². The van der Waals surface area contributed by atoms with Gasteiger partial charge in [-0.2, -0.15) is 0 Å². The molecule has 0 aliphatic rings. The van der Waals surface area contributed by atoms with E-state index in [-0.39, 0.29) is 11.0 Å². The summed E-state index contributed by atoms with van der Waals surface area (Å²) in [6.45, 7) is 0.